The van der Waals surface area contributed by atoms with Gasteiger partial charge in [-0.25, -0.2) is 0 Å². The molecule has 0 saturated carbocycles. The van der Waals surface area contributed by atoms with E-state index >= 15 is 0 Å². The molecule has 0 unspecified atom stereocenters. The van der Waals surface area contributed by atoms with Crippen LogP contribution < -0.4 is 4.90 Å². The summed E-state index contributed by atoms with van der Waals surface area (Å²) in [7, 11) is 0. The minimum absolute atomic E-state index is 0.488. The van der Waals surface area contributed by atoms with Crippen LogP contribution in [0.15, 0.2) is 205 Å². The van der Waals surface area contributed by atoms with E-state index < -0.39 is 5.41 Å². The molecule has 2 heteroatoms. The third-order valence-electron chi connectivity index (χ3n) is 10.5. The fourth-order valence-electron chi connectivity index (χ4n) is 8.40. The zero-order valence-electron chi connectivity index (χ0n) is 27.9. The fourth-order valence-corrected chi connectivity index (χ4v) is 8.40. The highest BCUT2D eigenvalue weighted by molar-refractivity contribution is 6.15. The first-order chi connectivity index (χ1) is 25.3. The minimum Gasteiger partial charge on any atom is -0.453 e. The van der Waals surface area contributed by atoms with Crippen LogP contribution in [-0.2, 0) is 5.41 Å². The maximum atomic E-state index is 7.25. The second-order valence-electron chi connectivity index (χ2n) is 13.2. The molecule has 51 heavy (non-hydrogen) atoms. The predicted octanol–water partition coefficient (Wildman–Crippen LogP) is 13.1. The monoisotopic (exact) mass is 651 g/mol. The normalized spacial score (nSPS) is 12.9. The zero-order chi connectivity index (χ0) is 33.8. The zero-order valence-corrected chi connectivity index (χ0v) is 27.9. The van der Waals surface area contributed by atoms with E-state index in [9.17, 15) is 0 Å². The molecule has 10 rings (SSSR count). The lowest BCUT2D eigenvalue weighted by molar-refractivity contribution is 0.669. The molecule has 1 aliphatic rings. The molecule has 0 amide bonds. The molecule has 0 atom stereocenters. The van der Waals surface area contributed by atoms with E-state index in [1.807, 2.05) is 0 Å². The van der Waals surface area contributed by atoms with E-state index in [0.717, 1.165) is 44.6 Å². The highest BCUT2D eigenvalue weighted by Gasteiger charge is 2.47. The van der Waals surface area contributed by atoms with Gasteiger partial charge in [-0.3, -0.25) is 0 Å². The number of para-hydroxylation sites is 2. The summed E-state index contributed by atoms with van der Waals surface area (Å²) in [5.41, 5.74) is 14.1. The van der Waals surface area contributed by atoms with Crippen LogP contribution in [-0.4, -0.2) is 0 Å². The lowest BCUT2D eigenvalue weighted by atomic mass is 9.68. The van der Waals surface area contributed by atoms with Gasteiger partial charge in [0.05, 0.1) is 11.1 Å². The molecule has 240 valence electrons. The molecular formula is C49H33NO. The smallest absolute Gasteiger partial charge is 0.159 e. The second kappa shape index (κ2) is 11.8. The number of anilines is 3. The Morgan fingerprint density at radius 1 is 0.392 bits per heavy atom. The van der Waals surface area contributed by atoms with Gasteiger partial charge < -0.3 is 9.32 Å². The first-order valence-corrected chi connectivity index (χ1v) is 17.5. The largest absolute Gasteiger partial charge is 0.453 e. The molecule has 1 aromatic heterocycles. The molecule has 0 saturated heterocycles. The van der Waals surface area contributed by atoms with E-state index in [2.05, 4.69) is 205 Å². The Morgan fingerprint density at radius 2 is 0.961 bits per heavy atom. The summed E-state index contributed by atoms with van der Waals surface area (Å²) < 4.78 is 7.25. The van der Waals surface area contributed by atoms with E-state index in [1.165, 1.54) is 38.9 Å². The van der Waals surface area contributed by atoms with Crippen LogP contribution in [0.5, 0.6) is 0 Å². The van der Waals surface area contributed by atoms with E-state index in [0.29, 0.717) is 0 Å². The Hall–Kier alpha value is -6.64. The van der Waals surface area contributed by atoms with Crippen molar-refractivity contribution in [1.82, 2.24) is 0 Å². The van der Waals surface area contributed by atoms with Gasteiger partial charge >= 0.3 is 0 Å². The van der Waals surface area contributed by atoms with E-state index in [-0.39, 0.29) is 0 Å². The van der Waals surface area contributed by atoms with Gasteiger partial charge in [-0.2, -0.15) is 0 Å². The molecule has 0 radical (unpaired) electrons. The van der Waals surface area contributed by atoms with Crippen LogP contribution in [0.2, 0.25) is 0 Å². The molecule has 9 aromatic rings. The quantitative estimate of drug-likeness (QED) is 0.178. The number of hydrogen-bond donors (Lipinski definition) is 0. The second-order valence-corrected chi connectivity index (χ2v) is 13.2. The standard InChI is InChI=1S/C49H33NO/c1-5-17-34(18-6-1)35-19-15-26-39(33-35)50(38-24-11-4-12-25-38)45-30-16-28-40-41-31-32-44-46(48(41)51-47(40)45)42-27-13-14-29-43(42)49(44,36-20-7-2-8-21-36)37-22-9-3-10-23-37/h1-33H. The van der Waals surface area contributed by atoms with Crippen LogP contribution in [0.25, 0.3) is 44.2 Å². The van der Waals surface area contributed by atoms with Crippen molar-refractivity contribution in [3.63, 3.8) is 0 Å². The Balaban J connectivity index is 1.25. The highest BCUT2D eigenvalue weighted by atomic mass is 16.3. The maximum absolute atomic E-state index is 7.25. The number of furan rings is 1. The van der Waals surface area contributed by atoms with Crippen LogP contribution in [0, 0.1) is 0 Å². The van der Waals surface area contributed by atoms with Crippen molar-refractivity contribution in [1.29, 1.82) is 0 Å². The molecule has 2 nitrogen and oxygen atoms in total. The molecule has 0 aliphatic heterocycles. The van der Waals surface area contributed by atoms with Gasteiger partial charge in [-0.1, -0.05) is 170 Å². The molecular weight excluding hydrogens is 619 g/mol. The SMILES string of the molecule is c1ccc(-c2cccc(N(c3ccccc3)c3cccc4c3oc3c5c(ccc34)C(c3ccccc3)(c3ccccc3)c3ccccc3-5)c2)cc1. The summed E-state index contributed by atoms with van der Waals surface area (Å²) >= 11 is 0. The number of fused-ring (bicyclic) bond motifs is 7. The Morgan fingerprint density at radius 3 is 1.69 bits per heavy atom. The van der Waals surface area contributed by atoms with Gasteiger partial charge in [0, 0.05) is 27.7 Å². The van der Waals surface area contributed by atoms with Crippen LogP contribution in [0.3, 0.4) is 0 Å². The van der Waals surface area contributed by atoms with Gasteiger partial charge in [-0.15, -0.1) is 0 Å². The van der Waals surface area contributed by atoms with Gasteiger partial charge in [-0.05, 0) is 69.3 Å². The highest BCUT2D eigenvalue weighted by Crippen LogP contribution is 2.58. The van der Waals surface area contributed by atoms with Gasteiger partial charge in [0.25, 0.3) is 0 Å². The Bertz CT molecular complexity index is 2640. The molecule has 0 N–H and O–H groups in total. The molecule has 1 heterocycles. The lowest BCUT2D eigenvalue weighted by Gasteiger charge is -2.33. The van der Waals surface area contributed by atoms with Gasteiger partial charge in [0.15, 0.2) is 5.58 Å². The Labute approximate surface area is 297 Å². The minimum atomic E-state index is -0.488. The van der Waals surface area contributed by atoms with E-state index in [1.54, 1.807) is 0 Å². The third-order valence-corrected chi connectivity index (χ3v) is 10.5. The van der Waals surface area contributed by atoms with Crippen LogP contribution in [0.1, 0.15) is 22.3 Å². The fraction of sp³-hybridized carbons (Fsp3) is 0.0204. The van der Waals surface area contributed by atoms with Crippen molar-refractivity contribution in [2.24, 2.45) is 0 Å². The van der Waals surface area contributed by atoms with Gasteiger partial charge in [0.1, 0.15) is 5.58 Å². The number of benzene rings is 8. The summed E-state index contributed by atoms with van der Waals surface area (Å²) in [6.45, 7) is 0. The summed E-state index contributed by atoms with van der Waals surface area (Å²) in [6, 6.07) is 71.8. The Kier molecular flexibility index (Phi) is 6.75. The molecule has 0 fully saturated rings. The van der Waals surface area contributed by atoms with Crippen molar-refractivity contribution in [2.45, 2.75) is 5.41 Å². The van der Waals surface area contributed by atoms with Crippen molar-refractivity contribution >= 4 is 39.0 Å². The molecule has 1 aliphatic carbocycles. The van der Waals surface area contributed by atoms with E-state index in [4.69, 9.17) is 4.42 Å². The molecule has 8 aromatic carbocycles. The maximum Gasteiger partial charge on any atom is 0.159 e. The van der Waals surface area contributed by atoms with Crippen molar-refractivity contribution in [3.8, 4) is 22.3 Å². The average molecular weight is 652 g/mol. The van der Waals surface area contributed by atoms with Gasteiger partial charge in [0.2, 0.25) is 0 Å². The summed E-state index contributed by atoms with van der Waals surface area (Å²) in [5.74, 6) is 0. The first kappa shape index (κ1) is 29.3. The number of hydrogen-bond acceptors (Lipinski definition) is 2. The van der Waals surface area contributed by atoms with Crippen molar-refractivity contribution in [2.75, 3.05) is 4.90 Å². The van der Waals surface area contributed by atoms with Crippen LogP contribution in [0.4, 0.5) is 17.1 Å². The lowest BCUT2D eigenvalue weighted by Crippen LogP contribution is -2.28. The number of nitrogens with zero attached hydrogens (tertiary/aromatic N) is 1. The third kappa shape index (κ3) is 4.43. The van der Waals surface area contributed by atoms with Crippen molar-refractivity contribution < 1.29 is 4.42 Å². The average Bonchev–Trinajstić information content (AvgIpc) is 3.74. The number of rotatable bonds is 6. The summed E-state index contributed by atoms with van der Waals surface area (Å²) in [5, 5.41) is 2.21. The molecule has 0 spiro atoms. The topological polar surface area (TPSA) is 16.4 Å². The first-order valence-electron chi connectivity index (χ1n) is 17.5. The van der Waals surface area contributed by atoms with Crippen LogP contribution >= 0.6 is 0 Å². The molecule has 0 bridgehead atoms. The predicted molar refractivity (Wildman–Crippen MR) is 211 cm³/mol. The van der Waals surface area contributed by atoms with Crippen molar-refractivity contribution in [3.05, 3.63) is 222 Å². The summed E-state index contributed by atoms with van der Waals surface area (Å²) in [4.78, 5) is 2.32. The summed E-state index contributed by atoms with van der Waals surface area (Å²) in [6.07, 6.45) is 0.